The normalized spacial score (nSPS) is 33.9. The second-order valence-electron chi connectivity index (χ2n) is 4.67. The van der Waals surface area contributed by atoms with E-state index in [4.69, 9.17) is 0 Å². The summed E-state index contributed by atoms with van der Waals surface area (Å²) in [5.41, 5.74) is 5.30. The molecule has 0 fully saturated rings. The maximum absolute atomic E-state index is 11.9. The second kappa shape index (κ2) is 3.18. The van der Waals surface area contributed by atoms with Crippen LogP contribution in [0.25, 0.3) is 0 Å². The van der Waals surface area contributed by atoms with E-state index < -0.39 is 0 Å². The molecule has 0 aliphatic heterocycles. The molecule has 0 aromatic carbocycles. The van der Waals surface area contributed by atoms with E-state index in [0.717, 1.165) is 24.8 Å². The summed E-state index contributed by atoms with van der Waals surface area (Å²) in [5, 5.41) is 0. The van der Waals surface area contributed by atoms with Crippen molar-refractivity contribution in [2.75, 3.05) is 0 Å². The van der Waals surface area contributed by atoms with Gasteiger partial charge < -0.3 is 0 Å². The standard InChI is InChI=1S/C13H13BrO/c1-7-5-10-11(13(7)15)6-8-3-2-4-9(8)12(10)14/h2-3,7,12H,4-6H2,1H3. The molecule has 2 heteroatoms. The van der Waals surface area contributed by atoms with Gasteiger partial charge in [-0.25, -0.2) is 0 Å². The fourth-order valence-electron chi connectivity index (χ4n) is 2.86. The number of Topliss-reactive ketones (excluding diaryl/α,β-unsaturated/α-hetero) is 1. The lowest BCUT2D eigenvalue weighted by molar-refractivity contribution is -0.117. The Morgan fingerprint density at radius 1 is 1.40 bits per heavy atom. The van der Waals surface area contributed by atoms with Gasteiger partial charge in [0.15, 0.2) is 5.78 Å². The Bertz CT molecular complexity index is 439. The Labute approximate surface area is 98.1 Å². The zero-order valence-electron chi connectivity index (χ0n) is 8.72. The number of carbonyl (C=O) groups excluding carboxylic acids is 1. The van der Waals surface area contributed by atoms with E-state index >= 15 is 0 Å². The molecule has 3 aliphatic carbocycles. The minimum Gasteiger partial charge on any atom is -0.294 e. The van der Waals surface area contributed by atoms with Crippen LogP contribution in [0.1, 0.15) is 26.2 Å². The third kappa shape index (κ3) is 1.24. The number of allylic oxidation sites excluding steroid dienone is 6. The molecule has 2 atom stereocenters. The Hall–Kier alpha value is -0.630. The predicted molar refractivity (Wildman–Crippen MR) is 63.9 cm³/mol. The second-order valence-corrected chi connectivity index (χ2v) is 5.59. The zero-order valence-corrected chi connectivity index (χ0v) is 10.3. The van der Waals surface area contributed by atoms with Gasteiger partial charge in [-0.15, -0.1) is 0 Å². The van der Waals surface area contributed by atoms with Crippen molar-refractivity contribution in [2.45, 2.75) is 31.0 Å². The lowest BCUT2D eigenvalue weighted by Gasteiger charge is -2.22. The van der Waals surface area contributed by atoms with Crippen molar-refractivity contribution in [1.82, 2.24) is 0 Å². The summed E-state index contributed by atoms with van der Waals surface area (Å²) < 4.78 is 0. The van der Waals surface area contributed by atoms with E-state index in [1.807, 2.05) is 6.92 Å². The molecule has 3 rings (SSSR count). The third-order valence-corrected chi connectivity index (χ3v) is 4.81. The monoisotopic (exact) mass is 264 g/mol. The topological polar surface area (TPSA) is 17.1 Å². The molecule has 0 amide bonds. The number of rotatable bonds is 0. The Kier molecular flexibility index (Phi) is 2.03. The average molecular weight is 265 g/mol. The van der Waals surface area contributed by atoms with Crippen LogP contribution in [0.2, 0.25) is 0 Å². The molecule has 0 heterocycles. The Morgan fingerprint density at radius 3 is 3.00 bits per heavy atom. The molecule has 15 heavy (non-hydrogen) atoms. The van der Waals surface area contributed by atoms with Crippen molar-refractivity contribution in [3.05, 3.63) is 34.4 Å². The smallest absolute Gasteiger partial charge is 0.162 e. The molecule has 0 saturated carbocycles. The van der Waals surface area contributed by atoms with E-state index in [1.54, 1.807) is 0 Å². The van der Waals surface area contributed by atoms with Crippen molar-refractivity contribution in [1.29, 1.82) is 0 Å². The molecule has 0 bridgehead atoms. The van der Waals surface area contributed by atoms with Crippen molar-refractivity contribution in [2.24, 2.45) is 5.92 Å². The highest BCUT2D eigenvalue weighted by Crippen LogP contribution is 2.46. The number of carbonyl (C=O) groups is 1. The van der Waals surface area contributed by atoms with Crippen LogP contribution in [0.15, 0.2) is 34.4 Å². The van der Waals surface area contributed by atoms with Gasteiger partial charge in [0.1, 0.15) is 0 Å². The molecular formula is C13H13BrO. The lowest BCUT2D eigenvalue weighted by Crippen LogP contribution is -2.13. The van der Waals surface area contributed by atoms with Gasteiger partial charge >= 0.3 is 0 Å². The van der Waals surface area contributed by atoms with Gasteiger partial charge in [-0.2, -0.15) is 0 Å². The minimum atomic E-state index is 0.207. The molecule has 0 aromatic heterocycles. The fraction of sp³-hybridized carbons (Fsp3) is 0.462. The van der Waals surface area contributed by atoms with Gasteiger partial charge in [-0.3, -0.25) is 4.79 Å². The molecule has 2 unspecified atom stereocenters. The first-order valence-electron chi connectivity index (χ1n) is 5.47. The summed E-state index contributed by atoms with van der Waals surface area (Å²) in [7, 11) is 0. The maximum atomic E-state index is 11.9. The van der Waals surface area contributed by atoms with Crippen LogP contribution >= 0.6 is 15.9 Å². The summed E-state index contributed by atoms with van der Waals surface area (Å²) in [6, 6.07) is 0. The first-order valence-corrected chi connectivity index (χ1v) is 6.38. The van der Waals surface area contributed by atoms with Gasteiger partial charge in [0.2, 0.25) is 0 Å². The SMILES string of the molecule is CC1CC2=C(CC3=C(CC=C3)C2Br)C1=O. The van der Waals surface area contributed by atoms with Crippen molar-refractivity contribution in [3.8, 4) is 0 Å². The first-order chi connectivity index (χ1) is 7.18. The Morgan fingerprint density at radius 2 is 2.20 bits per heavy atom. The van der Waals surface area contributed by atoms with Gasteiger partial charge in [0.05, 0.1) is 4.83 Å². The lowest BCUT2D eigenvalue weighted by atomic mass is 9.88. The van der Waals surface area contributed by atoms with E-state index in [2.05, 4.69) is 28.1 Å². The molecule has 0 radical (unpaired) electrons. The molecule has 1 nitrogen and oxygen atoms in total. The van der Waals surface area contributed by atoms with E-state index in [9.17, 15) is 4.79 Å². The van der Waals surface area contributed by atoms with Gasteiger partial charge in [0, 0.05) is 17.9 Å². The van der Waals surface area contributed by atoms with Crippen LogP contribution in [-0.2, 0) is 4.79 Å². The fourth-order valence-corrected chi connectivity index (χ4v) is 3.81. The number of alkyl halides is 1. The summed E-state index contributed by atoms with van der Waals surface area (Å²) in [6.07, 6.45) is 7.29. The Balaban J connectivity index is 2.02. The highest BCUT2D eigenvalue weighted by molar-refractivity contribution is 9.09. The average Bonchev–Trinajstić information content (AvgIpc) is 2.77. The van der Waals surface area contributed by atoms with Gasteiger partial charge in [-0.1, -0.05) is 35.0 Å². The molecule has 0 saturated heterocycles. The highest BCUT2D eigenvalue weighted by atomic mass is 79.9. The van der Waals surface area contributed by atoms with Gasteiger partial charge in [-0.05, 0) is 29.6 Å². The van der Waals surface area contributed by atoms with Crippen molar-refractivity contribution in [3.63, 3.8) is 0 Å². The highest BCUT2D eigenvalue weighted by Gasteiger charge is 2.38. The minimum absolute atomic E-state index is 0.207. The zero-order chi connectivity index (χ0) is 10.6. The van der Waals surface area contributed by atoms with Crippen molar-refractivity contribution < 1.29 is 4.79 Å². The van der Waals surface area contributed by atoms with Crippen LogP contribution in [-0.4, -0.2) is 10.6 Å². The summed E-state index contributed by atoms with van der Waals surface area (Å²) in [4.78, 5) is 12.3. The van der Waals surface area contributed by atoms with E-state index in [1.165, 1.54) is 16.7 Å². The third-order valence-electron chi connectivity index (χ3n) is 3.71. The summed E-state index contributed by atoms with van der Waals surface area (Å²) in [6.45, 7) is 2.04. The molecule has 0 aromatic rings. The molecule has 3 aliphatic rings. The maximum Gasteiger partial charge on any atom is 0.162 e. The number of halogens is 1. The quantitative estimate of drug-likeness (QED) is 0.614. The van der Waals surface area contributed by atoms with Crippen molar-refractivity contribution >= 4 is 21.7 Å². The summed E-state index contributed by atoms with van der Waals surface area (Å²) >= 11 is 3.75. The van der Waals surface area contributed by atoms with Gasteiger partial charge in [0.25, 0.3) is 0 Å². The van der Waals surface area contributed by atoms with E-state index in [0.29, 0.717) is 10.6 Å². The van der Waals surface area contributed by atoms with Crippen LogP contribution in [0.3, 0.4) is 0 Å². The summed E-state index contributed by atoms with van der Waals surface area (Å²) in [5.74, 6) is 0.584. The number of ketones is 1. The molecule has 0 spiro atoms. The largest absolute Gasteiger partial charge is 0.294 e. The van der Waals surface area contributed by atoms with Crippen LogP contribution in [0, 0.1) is 5.92 Å². The van der Waals surface area contributed by atoms with Crippen LogP contribution in [0.5, 0.6) is 0 Å². The molecule has 78 valence electrons. The number of hydrogen-bond acceptors (Lipinski definition) is 1. The van der Waals surface area contributed by atoms with Crippen LogP contribution in [0.4, 0.5) is 0 Å². The molecular weight excluding hydrogens is 252 g/mol. The van der Waals surface area contributed by atoms with E-state index in [-0.39, 0.29) is 5.92 Å². The van der Waals surface area contributed by atoms with Crippen LogP contribution < -0.4 is 0 Å². The predicted octanol–water partition coefficient (Wildman–Crippen LogP) is 3.32. The molecule has 0 N–H and O–H groups in total. The first kappa shape index (κ1) is 9.59. The number of hydrogen-bond donors (Lipinski definition) is 0.